The van der Waals surface area contributed by atoms with Crippen molar-refractivity contribution in [1.82, 2.24) is 9.80 Å². The maximum Gasteiger partial charge on any atom is 0.239 e. The van der Waals surface area contributed by atoms with Gasteiger partial charge in [0, 0.05) is 36.2 Å². The first-order chi connectivity index (χ1) is 9.90. The van der Waals surface area contributed by atoms with Crippen LogP contribution in [0.1, 0.15) is 24.5 Å². The van der Waals surface area contributed by atoms with Crippen LogP contribution in [0.2, 0.25) is 10.0 Å². The van der Waals surface area contributed by atoms with E-state index in [1.165, 1.54) is 0 Å². The molecule has 1 N–H and O–H groups in total. The van der Waals surface area contributed by atoms with Crippen molar-refractivity contribution >= 4 is 29.1 Å². The SMILES string of the molecule is CN(C)C(=O)C1CCCN1CC(O)c1ccc(Cl)cc1Cl. The molecule has 1 amide bonds. The van der Waals surface area contributed by atoms with Crippen molar-refractivity contribution in [2.75, 3.05) is 27.2 Å². The van der Waals surface area contributed by atoms with Crippen molar-refractivity contribution in [3.8, 4) is 0 Å². The van der Waals surface area contributed by atoms with Crippen molar-refractivity contribution in [3.63, 3.8) is 0 Å². The van der Waals surface area contributed by atoms with E-state index in [-0.39, 0.29) is 11.9 Å². The molecule has 0 radical (unpaired) electrons. The van der Waals surface area contributed by atoms with Crippen molar-refractivity contribution in [2.24, 2.45) is 0 Å². The fourth-order valence-corrected chi connectivity index (χ4v) is 3.25. The highest BCUT2D eigenvalue weighted by Gasteiger charge is 2.33. The Morgan fingerprint density at radius 2 is 2.19 bits per heavy atom. The Labute approximate surface area is 135 Å². The standard InChI is InChI=1S/C15H20Cl2N2O2/c1-18(2)15(21)13-4-3-7-19(13)9-14(20)11-6-5-10(16)8-12(11)17/h5-6,8,13-14,20H,3-4,7,9H2,1-2H3. The van der Waals surface area contributed by atoms with Gasteiger partial charge in [0.05, 0.1) is 12.1 Å². The molecule has 0 aliphatic carbocycles. The molecule has 1 fully saturated rings. The average Bonchev–Trinajstić information content (AvgIpc) is 2.85. The molecule has 1 heterocycles. The largest absolute Gasteiger partial charge is 0.387 e. The number of likely N-dealkylation sites (tertiary alicyclic amines) is 1. The summed E-state index contributed by atoms with van der Waals surface area (Å²) in [5.41, 5.74) is 0.643. The molecule has 1 aromatic rings. The minimum absolute atomic E-state index is 0.0851. The van der Waals surface area contributed by atoms with Gasteiger partial charge in [0.2, 0.25) is 5.91 Å². The monoisotopic (exact) mass is 330 g/mol. The van der Waals surface area contributed by atoms with Crippen LogP contribution < -0.4 is 0 Å². The molecule has 116 valence electrons. The number of aliphatic hydroxyl groups excluding tert-OH is 1. The molecular weight excluding hydrogens is 311 g/mol. The minimum atomic E-state index is -0.731. The van der Waals surface area contributed by atoms with Gasteiger partial charge in [-0.05, 0) is 31.5 Å². The van der Waals surface area contributed by atoms with Gasteiger partial charge in [-0.1, -0.05) is 29.3 Å². The molecule has 2 atom stereocenters. The summed E-state index contributed by atoms with van der Waals surface area (Å²) in [4.78, 5) is 15.8. The molecule has 1 aliphatic heterocycles. The number of carbonyl (C=O) groups excluding carboxylic acids is 1. The lowest BCUT2D eigenvalue weighted by atomic mass is 10.1. The number of hydrogen-bond acceptors (Lipinski definition) is 3. The van der Waals surface area contributed by atoms with Gasteiger partial charge in [-0.3, -0.25) is 9.69 Å². The van der Waals surface area contributed by atoms with E-state index in [1.54, 1.807) is 37.2 Å². The smallest absolute Gasteiger partial charge is 0.239 e. The van der Waals surface area contributed by atoms with Crippen LogP contribution in [0.4, 0.5) is 0 Å². The third kappa shape index (κ3) is 3.89. The van der Waals surface area contributed by atoms with Crippen molar-refractivity contribution in [3.05, 3.63) is 33.8 Å². The van der Waals surface area contributed by atoms with Gasteiger partial charge in [-0.2, -0.15) is 0 Å². The second-order valence-corrected chi connectivity index (χ2v) is 6.41. The van der Waals surface area contributed by atoms with E-state index in [2.05, 4.69) is 0 Å². The number of nitrogens with zero attached hydrogens (tertiary/aromatic N) is 2. The minimum Gasteiger partial charge on any atom is -0.387 e. The van der Waals surface area contributed by atoms with Crippen LogP contribution in [0.5, 0.6) is 0 Å². The fraction of sp³-hybridized carbons (Fsp3) is 0.533. The zero-order chi connectivity index (χ0) is 15.6. The van der Waals surface area contributed by atoms with Crippen LogP contribution in [-0.4, -0.2) is 54.0 Å². The second-order valence-electron chi connectivity index (χ2n) is 5.57. The van der Waals surface area contributed by atoms with E-state index in [9.17, 15) is 9.90 Å². The Kier molecular flexibility index (Phi) is 5.49. The Bertz CT molecular complexity index is 522. The highest BCUT2D eigenvalue weighted by molar-refractivity contribution is 6.35. The van der Waals surface area contributed by atoms with Crippen LogP contribution >= 0.6 is 23.2 Å². The maximum absolute atomic E-state index is 12.1. The van der Waals surface area contributed by atoms with Crippen LogP contribution in [-0.2, 0) is 4.79 Å². The van der Waals surface area contributed by atoms with E-state index in [0.717, 1.165) is 19.4 Å². The summed E-state index contributed by atoms with van der Waals surface area (Å²) in [5, 5.41) is 11.4. The van der Waals surface area contributed by atoms with Crippen LogP contribution in [0.3, 0.4) is 0 Å². The van der Waals surface area contributed by atoms with E-state index < -0.39 is 6.10 Å². The van der Waals surface area contributed by atoms with Gasteiger partial charge >= 0.3 is 0 Å². The molecular formula is C15H20Cl2N2O2. The number of carbonyl (C=O) groups is 1. The van der Waals surface area contributed by atoms with Crippen molar-refractivity contribution in [1.29, 1.82) is 0 Å². The van der Waals surface area contributed by atoms with Crippen LogP contribution in [0, 0.1) is 0 Å². The summed E-state index contributed by atoms with van der Waals surface area (Å²) < 4.78 is 0. The third-order valence-electron chi connectivity index (χ3n) is 3.82. The molecule has 2 unspecified atom stereocenters. The molecule has 1 aromatic carbocycles. The lowest BCUT2D eigenvalue weighted by molar-refractivity contribution is -0.133. The number of amides is 1. The van der Waals surface area contributed by atoms with Crippen molar-refractivity contribution in [2.45, 2.75) is 25.0 Å². The van der Waals surface area contributed by atoms with E-state index in [1.807, 2.05) is 4.90 Å². The lowest BCUT2D eigenvalue weighted by Gasteiger charge is -2.28. The molecule has 6 heteroatoms. The van der Waals surface area contributed by atoms with Gasteiger partial charge in [-0.15, -0.1) is 0 Å². The third-order valence-corrected chi connectivity index (χ3v) is 4.38. The summed E-state index contributed by atoms with van der Waals surface area (Å²) in [6.45, 7) is 1.21. The topological polar surface area (TPSA) is 43.8 Å². The maximum atomic E-state index is 12.1. The summed E-state index contributed by atoms with van der Waals surface area (Å²) >= 11 is 12.0. The number of rotatable bonds is 4. The average molecular weight is 331 g/mol. The van der Waals surface area contributed by atoms with E-state index in [4.69, 9.17) is 23.2 Å². The number of aliphatic hydroxyl groups is 1. The van der Waals surface area contributed by atoms with Gasteiger partial charge in [0.1, 0.15) is 0 Å². The highest BCUT2D eigenvalue weighted by Crippen LogP contribution is 2.29. The first kappa shape index (κ1) is 16.6. The number of hydrogen-bond donors (Lipinski definition) is 1. The van der Waals surface area contributed by atoms with Gasteiger partial charge in [0.25, 0.3) is 0 Å². The molecule has 21 heavy (non-hydrogen) atoms. The second kappa shape index (κ2) is 6.97. The van der Waals surface area contributed by atoms with E-state index >= 15 is 0 Å². The van der Waals surface area contributed by atoms with Gasteiger partial charge < -0.3 is 10.0 Å². The van der Waals surface area contributed by atoms with Crippen LogP contribution in [0.25, 0.3) is 0 Å². The summed E-state index contributed by atoms with van der Waals surface area (Å²) in [6.07, 6.45) is 1.06. The van der Waals surface area contributed by atoms with Crippen molar-refractivity contribution < 1.29 is 9.90 Å². The molecule has 0 bridgehead atoms. The lowest BCUT2D eigenvalue weighted by Crippen LogP contribution is -2.44. The molecule has 0 spiro atoms. The summed E-state index contributed by atoms with van der Waals surface area (Å²) in [7, 11) is 3.51. The van der Waals surface area contributed by atoms with Crippen LogP contribution in [0.15, 0.2) is 18.2 Å². The quantitative estimate of drug-likeness (QED) is 0.922. The summed E-state index contributed by atoms with van der Waals surface area (Å²) in [6, 6.07) is 4.90. The Balaban J connectivity index is 2.08. The zero-order valence-electron chi connectivity index (χ0n) is 12.2. The summed E-state index contributed by atoms with van der Waals surface area (Å²) in [5.74, 6) is 0.0851. The van der Waals surface area contributed by atoms with Gasteiger partial charge in [0.15, 0.2) is 0 Å². The molecule has 4 nitrogen and oxygen atoms in total. The molecule has 0 aromatic heterocycles. The number of β-amino-alcohol motifs (C(OH)–C–C–N with tert-alkyl or cyclic N) is 1. The van der Waals surface area contributed by atoms with Gasteiger partial charge in [-0.25, -0.2) is 0 Å². The molecule has 2 rings (SSSR count). The molecule has 1 saturated heterocycles. The normalized spacial score (nSPS) is 20.5. The first-order valence-corrected chi connectivity index (χ1v) is 7.74. The predicted octanol–water partition coefficient (Wildman–Crippen LogP) is 2.58. The Morgan fingerprint density at radius 1 is 1.48 bits per heavy atom. The Morgan fingerprint density at radius 3 is 2.81 bits per heavy atom. The Hall–Kier alpha value is -0.810. The fourth-order valence-electron chi connectivity index (χ4n) is 2.71. The first-order valence-electron chi connectivity index (χ1n) is 6.98. The number of likely N-dealkylation sites (N-methyl/N-ethyl adjacent to an activating group) is 1. The molecule has 1 aliphatic rings. The predicted molar refractivity (Wildman–Crippen MR) is 84.7 cm³/mol. The van der Waals surface area contributed by atoms with E-state index in [0.29, 0.717) is 22.2 Å². The zero-order valence-corrected chi connectivity index (χ0v) is 13.7. The highest BCUT2D eigenvalue weighted by atomic mass is 35.5. The molecule has 0 saturated carbocycles. The number of benzene rings is 1. The number of halogens is 2.